The van der Waals surface area contributed by atoms with Crippen molar-refractivity contribution in [2.45, 2.75) is 31.7 Å². The predicted octanol–water partition coefficient (Wildman–Crippen LogP) is 3.56. The second-order valence-corrected chi connectivity index (χ2v) is 6.79. The number of carbonyl (C=O) groups excluding carboxylic acids is 1. The molecule has 0 spiro atoms. The minimum absolute atomic E-state index is 0.0724. The maximum atomic E-state index is 12.7. The van der Waals surface area contributed by atoms with Crippen LogP contribution in [0.25, 0.3) is 0 Å². The summed E-state index contributed by atoms with van der Waals surface area (Å²) < 4.78 is 0. The van der Waals surface area contributed by atoms with Gasteiger partial charge in [0, 0.05) is 25.0 Å². The summed E-state index contributed by atoms with van der Waals surface area (Å²) in [6.45, 7) is 2.14. The lowest BCUT2D eigenvalue weighted by atomic mass is 10.0. The number of pyridine rings is 1. The van der Waals surface area contributed by atoms with Crippen LogP contribution in [0.5, 0.6) is 0 Å². The van der Waals surface area contributed by atoms with E-state index in [0.29, 0.717) is 11.6 Å². The Bertz CT molecular complexity index is 706. The average molecular weight is 321 g/mol. The molecule has 0 bridgehead atoms. The molecular weight excluding hydrogens is 298 g/mol. The normalized spacial score (nSPS) is 18.4. The van der Waals surface area contributed by atoms with Gasteiger partial charge < -0.3 is 10.2 Å². The number of carbonyl (C=O) groups is 1. The quantitative estimate of drug-likeness (QED) is 0.916. The van der Waals surface area contributed by atoms with Crippen molar-refractivity contribution in [3.63, 3.8) is 0 Å². The van der Waals surface area contributed by atoms with Crippen LogP contribution in [0.1, 0.15) is 47.8 Å². The lowest BCUT2D eigenvalue weighted by molar-refractivity contribution is 0.0926. The van der Waals surface area contributed by atoms with Crippen LogP contribution in [0.3, 0.4) is 0 Å². The minimum Gasteiger partial charge on any atom is -0.371 e. The zero-order chi connectivity index (χ0) is 16.4. The molecule has 1 N–H and O–H groups in total. The second kappa shape index (κ2) is 6.63. The summed E-state index contributed by atoms with van der Waals surface area (Å²) in [5.41, 5.74) is 2.81. The van der Waals surface area contributed by atoms with Gasteiger partial charge in [-0.2, -0.15) is 0 Å². The molecule has 1 aliphatic heterocycles. The van der Waals surface area contributed by atoms with Gasteiger partial charge in [0.25, 0.3) is 5.91 Å². The fourth-order valence-corrected chi connectivity index (χ4v) is 3.49. The fraction of sp³-hybridized carbons (Fsp3) is 0.400. The van der Waals surface area contributed by atoms with Gasteiger partial charge in [-0.15, -0.1) is 0 Å². The number of nitrogens with zero attached hydrogens (tertiary/aromatic N) is 2. The predicted molar refractivity (Wildman–Crippen MR) is 95.1 cm³/mol. The van der Waals surface area contributed by atoms with Gasteiger partial charge in [0.15, 0.2) is 0 Å². The van der Waals surface area contributed by atoms with E-state index in [0.717, 1.165) is 18.8 Å². The molecule has 1 saturated heterocycles. The molecule has 1 saturated carbocycles. The number of amides is 1. The molecule has 4 heteroatoms. The number of hydrogen-bond acceptors (Lipinski definition) is 3. The molecule has 24 heavy (non-hydrogen) atoms. The molecule has 2 fully saturated rings. The number of hydrogen-bond donors (Lipinski definition) is 1. The van der Waals surface area contributed by atoms with Crippen LogP contribution in [-0.4, -0.2) is 24.0 Å². The maximum absolute atomic E-state index is 12.7. The lowest BCUT2D eigenvalue weighted by Crippen LogP contribution is -2.30. The Kier molecular flexibility index (Phi) is 4.20. The van der Waals surface area contributed by atoms with Crippen molar-refractivity contribution >= 4 is 11.6 Å². The van der Waals surface area contributed by atoms with Crippen LogP contribution in [-0.2, 0) is 0 Å². The summed E-state index contributed by atoms with van der Waals surface area (Å²) in [6, 6.07) is 14.3. The third kappa shape index (κ3) is 3.28. The van der Waals surface area contributed by atoms with Crippen LogP contribution in [0.4, 0.5) is 5.69 Å². The zero-order valence-electron chi connectivity index (χ0n) is 13.8. The first-order chi connectivity index (χ1) is 11.8. The van der Waals surface area contributed by atoms with Crippen LogP contribution in [0.2, 0.25) is 0 Å². The van der Waals surface area contributed by atoms with Crippen LogP contribution >= 0.6 is 0 Å². The van der Waals surface area contributed by atoms with E-state index in [1.54, 1.807) is 6.20 Å². The SMILES string of the molecule is O=C(NC(c1ccccc1)C1CC1)c1cc(N2CCCC2)ccn1. The molecular formula is C20H23N3O. The Hall–Kier alpha value is -2.36. The topological polar surface area (TPSA) is 45.2 Å². The van der Waals surface area contributed by atoms with Crippen molar-refractivity contribution in [3.05, 3.63) is 59.9 Å². The Labute approximate surface area is 142 Å². The number of benzene rings is 1. The molecule has 1 unspecified atom stereocenters. The first-order valence-corrected chi connectivity index (χ1v) is 8.88. The monoisotopic (exact) mass is 321 g/mol. The Morgan fingerprint density at radius 3 is 2.58 bits per heavy atom. The molecule has 1 amide bonds. The van der Waals surface area contributed by atoms with Crippen molar-refractivity contribution in [2.24, 2.45) is 5.92 Å². The summed E-state index contributed by atoms with van der Waals surface area (Å²) >= 11 is 0. The van der Waals surface area contributed by atoms with E-state index in [4.69, 9.17) is 0 Å². The largest absolute Gasteiger partial charge is 0.371 e. The van der Waals surface area contributed by atoms with Crippen LogP contribution in [0.15, 0.2) is 48.7 Å². The van der Waals surface area contributed by atoms with Gasteiger partial charge in [-0.25, -0.2) is 0 Å². The molecule has 1 aromatic carbocycles. The number of anilines is 1. The molecule has 2 aromatic rings. The van der Waals surface area contributed by atoms with Crippen molar-refractivity contribution in [1.82, 2.24) is 10.3 Å². The second-order valence-electron chi connectivity index (χ2n) is 6.79. The third-order valence-corrected chi connectivity index (χ3v) is 4.99. The van der Waals surface area contributed by atoms with Gasteiger partial charge in [-0.05, 0) is 49.3 Å². The Morgan fingerprint density at radius 2 is 1.88 bits per heavy atom. The molecule has 124 valence electrons. The highest BCUT2D eigenvalue weighted by Crippen LogP contribution is 2.41. The molecule has 1 aromatic heterocycles. The number of nitrogens with one attached hydrogen (secondary N) is 1. The summed E-state index contributed by atoms with van der Waals surface area (Å²) in [7, 11) is 0. The van der Waals surface area contributed by atoms with Gasteiger partial charge in [-0.1, -0.05) is 30.3 Å². The van der Waals surface area contributed by atoms with E-state index in [-0.39, 0.29) is 11.9 Å². The molecule has 2 heterocycles. The van der Waals surface area contributed by atoms with Crippen molar-refractivity contribution in [3.8, 4) is 0 Å². The number of rotatable bonds is 5. The zero-order valence-corrected chi connectivity index (χ0v) is 13.8. The number of aromatic nitrogens is 1. The molecule has 4 nitrogen and oxygen atoms in total. The first kappa shape index (κ1) is 15.2. The van der Waals surface area contributed by atoms with Gasteiger partial charge in [-0.3, -0.25) is 9.78 Å². The molecule has 1 aliphatic carbocycles. The Balaban J connectivity index is 1.51. The van der Waals surface area contributed by atoms with Crippen molar-refractivity contribution < 1.29 is 4.79 Å². The summed E-state index contributed by atoms with van der Waals surface area (Å²) in [4.78, 5) is 19.4. The Morgan fingerprint density at radius 1 is 1.12 bits per heavy atom. The summed E-state index contributed by atoms with van der Waals surface area (Å²) in [5.74, 6) is 0.481. The van der Waals surface area contributed by atoms with Gasteiger partial charge in [0.1, 0.15) is 5.69 Å². The van der Waals surface area contributed by atoms with E-state index >= 15 is 0 Å². The van der Waals surface area contributed by atoms with E-state index in [1.807, 2.05) is 30.3 Å². The standard InChI is InChI=1S/C20H23N3O/c24-20(18-14-17(10-11-21-18)23-12-4-5-13-23)22-19(16-8-9-16)15-6-2-1-3-7-15/h1-3,6-7,10-11,14,16,19H,4-5,8-9,12-13H2,(H,22,24). The molecule has 0 radical (unpaired) electrons. The van der Waals surface area contributed by atoms with Crippen molar-refractivity contribution in [2.75, 3.05) is 18.0 Å². The van der Waals surface area contributed by atoms with Crippen molar-refractivity contribution in [1.29, 1.82) is 0 Å². The third-order valence-electron chi connectivity index (χ3n) is 4.99. The van der Waals surface area contributed by atoms with Gasteiger partial charge in [0.05, 0.1) is 6.04 Å². The van der Waals surface area contributed by atoms with Gasteiger partial charge >= 0.3 is 0 Å². The molecule has 2 aliphatic rings. The van der Waals surface area contributed by atoms with E-state index in [1.165, 1.54) is 31.2 Å². The average Bonchev–Trinajstić information content (AvgIpc) is 3.33. The minimum atomic E-state index is -0.0724. The summed E-state index contributed by atoms with van der Waals surface area (Å²) in [6.07, 6.45) is 6.56. The van der Waals surface area contributed by atoms with E-state index in [2.05, 4.69) is 27.3 Å². The van der Waals surface area contributed by atoms with Gasteiger partial charge in [0.2, 0.25) is 0 Å². The smallest absolute Gasteiger partial charge is 0.270 e. The maximum Gasteiger partial charge on any atom is 0.270 e. The molecule has 1 atom stereocenters. The van der Waals surface area contributed by atoms with Crippen LogP contribution in [0, 0.1) is 5.92 Å². The molecule has 4 rings (SSSR count). The van der Waals surface area contributed by atoms with E-state index in [9.17, 15) is 4.79 Å². The highest BCUT2D eigenvalue weighted by molar-refractivity contribution is 5.93. The fourth-order valence-electron chi connectivity index (χ4n) is 3.49. The highest BCUT2D eigenvalue weighted by Gasteiger charge is 2.33. The lowest BCUT2D eigenvalue weighted by Gasteiger charge is -2.20. The van der Waals surface area contributed by atoms with E-state index < -0.39 is 0 Å². The highest BCUT2D eigenvalue weighted by atomic mass is 16.1. The first-order valence-electron chi connectivity index (χ1n) is 8.88. The summed E-state index contributed by atoms with van der Waals surface area (Å²) in [5, 5.41) is 3.21. The van der Waals surface area contributed by atoms with Crippen LogP contribution < -0.4 is 10.2 Å².